The number of pyridine rings is 1. The second-order valence-corrected chi connectivity index (χ2v) is 6.04. The molecule has 0 atom stereocenters. The minimum atomic E-state index is -1.00. The van der Waals surface area contributed by atoms with Crippen LogP contribution in [-0.4, -0.2) is 20.5 Å². The predicted molar refractivity (Wildman–Crippen MR) is 91.9 cm³/mol. The average molecular weight is 343 g/mol. The maximum atomic E-state index is 11.0. The number of halogens is 1. The van der Waals surface area contributed by atoms with Crippen molar-refractivity contribution in [2.75, 3.05) is 0 Å². The smallest absolute Gasteiger partial charge is 0.335 e. The Balaban J connectivity index is 2.08. The van der Waals surface area contributed by atoms with Gasteiger partial charge in [-0.25, -0.2) is 9.78 Å². The molecule has 7 heteroatoms. The molecule has 0 fully saturated rings. The van der Waals surface area contributed by atoms with Gasteiger partial charge in [0, 0.05) is 6.20 Å². The molecule has 3 rings (SSSR count). The quantitative estimate of drug-likeness (QED) is 0.659. The average Bonchev–Trinajstić information content (AvgIpc) is 2.91. The van der Waals surface area contributed by atoms with E-state index in [1.54, 1.807) is 28.8 Å². The van der Waals surface area contributed by atoms with E-state index in [0.717, 1.165) is 11.3 Å². The normalized spacial score (nSPS) is 11.7. The molecule has 0 unspecified atom stereocenters. The van der Waals surface area contributed by atoms with Gasteiger partial charge in [0.2, 0.25) is 0 Å². The minimum absolute atomic E-state index is 0.156. The topological polar surface area (TPSA) is 79.3 Å². The van der Waals surface area contributed by atoms with E-state index < -0.39 is 5.97 Å². The Morgan fingerprint density at radius 2 is 2.04 bits per heavy atom. The summed E-state index contributed by atoms with van der Waals surface area (Å²) in [5.41, 5.74) is 2.16. The Labute approximate surface area is 143 Å². The molecule has 0 aliphatic rings. The van der Waals surface area contributed by atoms with Gasteiger partial charge in [-0.1, -0.05) is 31.5 Å². The molecule has 24 heavy (non-hydrogen) atoms. The largest absolute Gasteiger partial charge is 0.478 e. The number of hydrogen-bond donors (Lipinski definition) is 1. The van der Waals surface area contributed by atoms with Crippen LogP contribution in [0.4, 0.5) is 11.5 Å². The van der Waals surface area contributed by atoms with Crippen molar-refractivity contribution in [2.24, 2.45) is 10.2 Å². The van der Waals surface area contributed by atoms with Gasteiger partial charge in [-0.2, -0.15) is 0 Å². The fourth-order valence-corrected chi connectivity index (χ4v) is 2.48. The Morgan fingerprint density at radius 1 is 1.25 bits per heavy atom. The third-order valence-corrected chi connectivity index (χ3v) is 3.71. The van der Waals surface area contributed by atoms with Crippen molar-refractivity contribution >= 4 is 34.7 Å². The zero-order valence-corrected chi connectivity index (χ0v) is 13.9. The van der Waals surface area contributed by atoms with Crippen LogP contribution in [0.3, 0.4) is 0 Å². The number of carbonyl (C=O) groups is 1. The number of imidazole rings is 1. The van der Waals surface area contributed by atoms with Crippen LogP contribution in [0.1, 0.15) is 35.8 Å². The fourth-order valence-electron chi connectivity index (χ4n) is 2.32. The fraction of sp³-hybridized carbons (Fsp3) is 0.176. The van der Waals surface area contributed by atoms with Crippen LogP contribution in [0.15, 0.2) is 52.8 Å². The van der Waals surface area contributed by atoms with Crippen LogP contribution in [-0.2, 0) is 0 Å². The highest BCUT2D eigenvalue weighted by Crippen LogP contribution is 2.30. The second kappa shape index (κ2) is 6.41. The monoisotopic (exact) mass is 342 g/mol. The molecule has 6 nitrogen and oxygen atoms in total. The molecule has 0 saturated carbocycles. The lowest BCUT2D eigenvalue weighted by Crippen LogP contribution is -1.94. The molecular weight excluding hydrogens is 328 g/mol. The summed E-state index contributed by atoms with van der Waals surface area (Å²) < 4.78 is 1.78. The Hall–Kier alpha value is -2.73. The van der Waals surface area contributed by atoms with Crippen molar-refractivity contribution in [3.63, 3.8) is 0 Å². The summed E-state index contributed by atoms with van der Waals surface area (Å²) in [4.78, 5) is 15.6. The van der Waals surface area contributed by atoms with Gasteiger partial charge >= 0.3 is 5.97 Å². The summed E-state index contributed by atoms with van der Waals surface area (Å²) in [6, 6.07) is 9.89. The van der Waals surface area contributed by atoms with Gasteiger partial charge in [-0.05, 0) is 36.2 Å². The lowest BCUT2D eigenvalue weighted by Gasteiger charge is -2.02. The van der Waals surface area contributed by atoms with E-state index in [1.807, 2.05) is 19.9 Å². The number of aromatic nitrogens is 2. The Bertz CT molecular complexity index is 947. The highest BCUT2D eigenvalue weighted by atomic mass is 35.5. The van der Waals surface area contributed by atoms with Crippen LogP contribution >= 0.6 is 11.6 Å². The van der Waals surface area contributed by atoms with Crippen molar-refractivity contribution in [3.05, 3.63) is 58.9 Å². The van der Waals surface area contributed by atoms with Crippen molar-refractivity contribution in [1.29, 1.82) is 0 Å². The van der Waals surface area contributed by atoms with Gasteiger partial charge in [0.25, 0.3) is 0 Å². The molecule has 0 aliphatic heterocycles. The van der Waals surface area contributed by atoms with Crippen LogP contribution < -0.4 is 0 Å². The number of benzene rings is 1. The first-order valence-corrected chi connectivity index (χ1v) is 7.76. The molecule has 1 aromatic carbocycles. The predicted octanol–water partition coefficient (Wildman–Crippen LogP) is 5.22. The first-order valence-electron chi connectivity index (χ1n) is 7.38. The van der Waals surface area contributed by atoms with Gasteiger partial charge in [0.1, 0.15) is 5.65 Å². The lowest BCUT2D eigenvalue weighted by atomic mass is 10.1. The van der Waals surface area contributed by atoms with Crippen molar-refractivity contribution in [1.82, 2.24) is 9.38 Å². The number of carboxylic acids is 1. The molecule has 0 radical (unpaired) electrons. The van der Waals surface area contributed by atoms with E-state index in [9.17, 15) is 4.79 Å². The number of hydrogen-bond acceptors (Lipinski definition) is 4. The highest BCUT2D eigenvalue weighted by Gasteiger charge is 2.15. The molecule has 3 aromatic rings. The Morgan fingerprint density at radius 3 is 2.75 bits per heavy atom. The number of rotatable bonds is 4. The molecule has 2 aromatic heterocycles. The summed E-state index contributed by atoms with van der Waals surface area (Å²) in [6.07, 6.45) is 1.73. The summed E-state index contributed by atoms with van der Waals surface area (Å²) in [6.45, 7) is 4.04. The molecule has 2 heterocycles. The van der Waals surface area contributed by atoms with Crippen LogP contribution in [0.25, 0.3) is 5.65 Å². The number of nitrogens with zero attached hydrogens (tertiary/aromatic N) is 4. The number of aromatic carboxylic acids is 1. The zero-order valence-electron chi connectivity index (χ0n) is 13.1. The molecular formula is C17H15ClN4O2. The molecule has 0 spiro atoms. The van der Waals surface area contributed by atoms with E-state index in [2.05, 4.69) is 15.2 Å². The van der Waals surface area contributed by atoms with Crippen molar-refractivity contribution < 1.29 is 9.90 Å². The SMILES string of the molecule is CC(C)c1nc2ccc(Cl)cn2c1N=Nc1cccc(C(=O)O)c1. The second-order valence-electron chi connectivity index (χ2n) is 5.61. The van der Waals surface area contributed by atoms with E-state index in [0.29, 0.717) is 16.5 Å². The van der Waals surface area contributed by atoms with E-state index in [1.165, 1.54) is 12.1 Å². The maximum absolute atomic E-state index is 11.0. The number of fused-ring (bicyclic) bond motifs is 1. The summed E-state index contributed by atoms with van der Waals surface area (Å²) in [5, 5.41) is 18.1. The molecule has 1 N–H and O–H groups in total. The summed E-state index contributed by atoms with van der Waals surface area (Å²) in [5.74, 6) is -0.261. The lowest BCUT2D eigenvalue weighted by molar-refractivity contribution is 0.0697. The molecule has 122 valence electrons. The van der Waals surface area contributed by atoms with Gasteiger partial charge in [0.15, 0.2) is 5.82 Å². The standard InChI is InChI=1S/C17H15ClN4O2/c1-10(2)15-16(22-9-12(18)6-7-14(22)19-15)21-20-13-5-3-4-11(8-13)17(23)24/h3-10H,1-2H3,(H,23,24). The van der Waals surface area contributed by atoms with Crippen molar-refractivity contribution in [2.45, 2.75) is 19.8 Å². The first kappa shape index (κ1) is 16.1. The van der Waals surface area contributed by atoms with Crippen LogP contribution in [0.2, 0.25) is 5.02 Å². The molecule has 0 bridgehead atoms. The number of carboxylic acid groups (broad SMARTS) is 1. The van der Waals surface area contributed by atoms with Gasteiger partial charge in [-0.3, -0.25) is 4.40 Å². The van der Waals surface area contributed by atoms with E-state index in [4.69, 9.17) is 16.7 Å². The minimum Gasteiger partial charge on any atom is -0.478 e. The Kier molecular flexibility index (Phi) is 4.31. The maximum Gasteiger partial charge on any atom is 0.335 e. The van der Waals surface area contributed by atoms with E-state index in [-0.39, 0.29) is 11.5 Å². The molecule has 0 amide bonds. The molecule has 0 aliphatic carbocycles. The van der Waals surface area contributed by atoms with Gasteiger partial charge in [0.05, 0.1) is 22.0 Å². The van der Waals surface area contributed by atoms with Gasteiger partial charge in [-0.15, -0.1) is 10.2 Å². The number of azo groups is 1. The van der Waals surface area contributed by atoms with Gasteiger partial charge < -0.3 is 5.11 Å². The van der Waals surface area contributed by atoms with Crippen LogP contribution in [0, 0.1) is 0 Å². The van der Waals surface area contributed by atoms with Crippen molar-refractivity contribution in [3.8, 4) is 0 Å². The zero-order chi connectivity index (χ0) is 17.3. The summed E-state index contributed by atoms with van der Waals surface area (Å²) >= 11 is 6.07. The van der Waals surface area contributed by atoms with E-state index >= 15 is 0 Å². The summed E-state index contributed by atoms with van der Waals surface area (Å²) in [7, 11) is 0. The van der Waals surface area contributed by atoms with Crippen LogP contribution in [0.5, 0.6) is 0 Å². The molecule has 0 saturated heterocycles. The highest BCUT2D eigenvalue weighted by molar-refractivity contribution is 6.30. The third-order valence-electron chi connectivity index (χ3n) is 3.48. The first-order chi connectivity index (χ1) is 11.5. The third kappa shape index (κ3) is 3.14.